The summed E-state index contributed by atoms with van der Waals surface area (Å²) in [4.78, 5) is 21.5. The van der Waals surface area contributed by atoms with Crippen LogP contribution in [0.1, 0.15) is 31.1 Å². The van der Waals surface area contributed by atoms with E-state index in [0.717, 1.165) is 22.7 Å². The Bertz CT molecular complexity index is 811. The van der Waals surface area contributed by atoms with Gasteiger partial charge in [0.25, 0.3) is 0 Å². The molecular formula is C18H19N3O3S. The smallest absolute Gasteiger partial charge is 0.338 e. The number of nitrogens with zero attached hydrogens (tertiary/aromatic N) is 2. The van der Waals surface area contributed by atoms with Crippen LogP contribution in [0.25, 0.3) is 0 Å². The van der Waals surface area contributed by atoms with Crippen LogP contribution in [-0.2, 0) is 9.53 Å². The van der Waals surface area contributed by atoms with Gasteiger partial charge in [0.1, 0.15) is 17.5 Å². The lowest BCUT2D eigenvalue weighted by Gasteiger charge is -2.25. The second-order valence-corrected chi connectivity index (χ2v) is 6.13. The molecule has 2 aromatic rings. The Balaban J connectivity index is 2.04. The zero-order chi connectivity index (χ0) is 17.8. The maximum atomic E-state index is 12.5. The van der Waals surface area contributed by atoms with Gasteiger partial charge in [-0.05, 0) is 31.5 Å². The highest BCUT2D eigenvalue weighted by Crippen LogP contribution is 2.33. The molecule has 1 N–H and O–H groups in total. The number of benzene rings is 1. The number of carbonyl (C=O) groups is 1. The van der Waals surface area contributed by atoms with E-state index >= 15 is 0 Å². The second-order valence-electron chi connectivity index (χ2n) is 5.41. The first kappa shape index (κ1) is 17.2. The first-order valence-corrected chi connectivity index (χ1v) is 8.83. The fraction of sp³-hybridized carbons (Fsp3) is 0.278. The highest BCUT2D eigenvalue weighted by atomic mass is 32.1. The normalized spacial score (nSPS) is 16.9. The van der Waals surface area contributed by atoms with Crippen molar-refractivity contribution in [2.75, 3.05) is 13.7 Å². The fourth-order valence-corrected chi connectivity index (χ4v) is 3.17. The van der Waals surface area contributed by atoms with Crippen molar-refractivity contribution >= 4 is 23.1 Å². The number of allylic oxidation sites excluding steroid dienone is 1. The van der Waals surface area contributed by atoms with Gasteiger partial charge >= 0.3 is 5.97 Å². The first-order chi connectivity index (χ1) is 12.1. The third kappa shape index (κ3) is 3.56. The van der Waals surface area contributed by atoms with Crippen LogP contribution >= 0.6 is 11.3 Å². The Kier molecular flexibility index (Phi) is 5.14. The molecule has 1 aromatic carbocycles. The van der Waals surface area contributed by atoms with Crippen LogP contribution < -0.4 is 10.1 Å². The van der Waals surface area contributed by atoms with Crippen LogP contribution in [-0.4, -0.2) is 30.5 Å². The lowest BCUT2D eigenvalue weighted by molar-refractivity contribution is -0.138. The molecule has 0 amide bonds. The number of thiazole rings is 1. The summed E-state index contributed by atoms with van der Waals surface area (Å²) >= 11 is 1.50. The van der Waals surface area contributed by atoms with Gasteiger partial charge in [-0.15, -0.1) is 11.3 Å². The van der Waals surface area contributed by atoms with E-state index in [-0.39, 0.29) is 5.97 Å². The minimum Gasteiger partial charge on any atom is -0.497 e. The lowest BCUT2D eigenvalue weighted by Crippen LogP contribution is -2.33. The summed E-state index contributed by atoms with van der Waals surface area (Å²) in [6.45, 7) is 3.95. The van der Waals surface area contributed by atoms with Gasteiger partial charge in [-0.3, -0.25) is 4.99 Å². The Labute approximate surface area is 150 Å². The molecule has 0 fully saturated rings. The van der Waals surface area contributed by atoms with Crippen molar-refractivity contribution in [3.63, 3.8) is 0 Å². The topological polar surface area (TPSA) is 72.8 Å². The molecule has 1 atom stereocenters. The number of esters is 1. The molecule has 1 aliphatic heterocycles. The third-order valence-corrected chi connectivity index (χ3v) is 4.43. The second kappa shape index (κ2) is 7.48. The molecule has 6 nitrogen and oxygen atoms in total. The SMILES string of the molecule is CCOC(=O)C1=C(C)NC(c2cscn2)=NC1c1ccc(OC)cc1. The lowest BCUT2D eigenvalue weighted by atomic mass is 9.96. The Morgan fingerprint density at radius 1 is 1.32 bits per heavy atom. The minimum absolute atomic E-state index is 0.313. The number of methoxy groups -OCH3 is 1. The van der Waals surface area contributed by atoms with Crippen LogP contribution in [0.5, 0.6) is 5.75 Å². The van der Waals surface area contributed by atoms with Crippen molar-refractivity contribution in [2.24, 2.45) is 4.99 Å². The Morgan fingerprint density at radius 2 is 2.08 bits per heavy atom. The van der Waals surface area contributed by atoms with Gasteiger partial charge in [-0.1, -0.05) is 12.1 Å². The molecule has 2 heterocycles. The molecule has 130 valence electrons. The average molecular weight is 357 g/mol. The van der Waals surface area contributed by atoms with Crippen molar-refractivity contribution < 1.29 is 14.3 Å². The Morgan fingerprint density at radius 3 is 2.68 bits per heavy atom. The average Bonchev–Trinajstić information content (AvgIpc) is 3.16. The minimum atomic E-state index is -0.456. The van der Waals surface area contributed by atoms with Crippen molar-refractivity contribution in [1.82, 2.24) is 10.3 Å². The summed E-state index contributed by atoms with van der Waals surface area (Å²) in [5.74, 6) is 1.03. The van der Waals surface area contributed by atoms with Gasteiger partial charge in [-0.25, -0.2) is 9.78 Å². The van der Waals surface area contributed by atoms with E-state index in [1.165, 1.54) is 11.3 Å². The first-order valence-electron chi connectivity index (χ1n) is 7.89. The number of nitrogens with one attached hydrogen (secondary N) is 1. The van der Waals surface area contributed by atoms with Gasteiger partial charge in [0, 0.05) is 11.1 Å². The van der Waals surface area contributed by atoms with E-state index in [2.05, 4.69) is 10.3 Å². The predicted molar refractivity (Wildman–Crippen MR) is 96.9 cm³/mol. The summed E-state index contributed by atoms with van der Waals surface area (Å²) in [6.07, 6.45) is 0. The highest BCUT2D eigenvalue weighted by molar-refractivity contribution is 7.07. The summed E-state index contributed by atoms with van der Waals surface area (Å²) in [5, 5.41) is 5.09. The zero-order valence-electron chi connectivity index (χ0n) is 14.3. The third-order valence-electron chi connectivity index (χ3n) is 3.84. The van der Waals surface area contributed by atoms with Gasteiger partial charge < -0.3 is 14.8 Å². The molecule has 1 aromatic heterocycles. The maximum absolute atomic E-state index is 12.5. The van der Waals surface area contributed by atoms with Crippen LogP contribution in [0.2, 0.25) is 0 Å². The molecular weight excluding hydrogens is 338 g/mol. The molecule has 1 unspecified atom stereocenters. The van der Waals surface area contributed by atoms with E-state index < -0.39 is 6.04 Å². The number of hydrogen-bond donors (Lipinski definition) is 1. The van der Waals surface area contributed by atoms with Gasteiger partial charge in [0.15, 0.2) is 5.84 Å². The van der Waals surface area contributed by atoms with Crippen LogP contribution in [0.3, 0.4) is 0 Å². The van der Waals surface area contributed by atoms with E-state index in [1.54, 1.807) is 19.5 Å². The number of ether oxygens (including phenoxy) is 2. The fourth-order valence-electron chi connectivity index (χ4n) is 2.64. The van der Waals surface area contributed by atoms with E-state index in [1.807, 2.05) is 36.6 Å². The summed E-state index contributed by atoms with van der Waals surface area (Å²) in [5.41, 5.74) is 4.62. The maximum Gasteiger partial charge on any atom is 0.338 e. The molecule has 0 spiro atoms. The molecule has 0 radical (unpaired) electrons. The highest BCUT2D eigenvalue weighted by Gasteiger charge is 2.31. The van der Waals surface area contributed by atoms with E-state index in [0.29, 0.717) is 18.0 Å². The molecule has 0 aliphatic carbocycles. The standard InChI is InChI=1S/C18H19N3O3S/c1-4-24-18(22)15-11(2)20-17(14-9-25-10-19-14)21-16(15)12-5-7-13(23-3)8-6-12/h5-10,16H,4H2,1-3H3,(H,20,21). The van der Waals surface area contributed by atoms with Gasteiger partial charge in [-0.2, -0.15) is 0 Å². The van der Waals surface area contributed by atoms with Crippen LogP contribution in [0, 0.1) is 0 Å². The quantitative estimate of drug-likeness (QED) is 0.833. The monoisotopic (exact) mass is 357 g/mol. The number of hydrogen-bond acceptors (Lipinski definition) is 7. The van der Waals surface area contributed by atoms with Crippen LogP contribution in [0.4, 0.5) is 0 Å². The molecule has 1 aliphatic rings. The summed E-state index contributed by atoms with van der Waals surface area (Å²) in [7, 11) is 1.62. The van der Waals surface area contributed by atoms with Gasteiger partial charge in [0.05, 0.1) is 24.8 Å². The van der Waals surface area contributed by atoms with Crippen molar-refractivity contribution in [3.05, 3.63) is 57.7 Å². The largest absolute Gasteiger partial charge is 0.497 e. The number of rotatable bonds is 5. The van der Waals surface area contributed by atoms with Crippen LogP contribution in [0.15, 0.2) is 51.4 Å². The van der Waals surface area contributed by atoms with E-state index in [9.17, 15) is 4.79 Å². The molecule has 0 saturated carbocycles. The molecule has 25 heavy (non-hydrogen) atoms. The number of aromatic nitrogens is 1. The molecule has 0 saturated heterocycles. The van der Waals surface area contributed by atoms with E-state index in [4.69, 9.17) is 14.5 Å². The number of carbonyl (C=O) groups excluding carboxylic acids is 1. The summed E-state index contributed by atoms with van der Waals surface area (Å²) in [6, 6.07) is 7.07. The van der Waals surface area contributed by atoms with Crippen molar-refractivity contribution in [1.29, 1.82) is 0 Å². The van der Waals surface area contributed by atoms with Gasteiger partial charge in [0.2, 0.25) is 0 Å². The van der Waals surface area contributed by atoms with Crippen molar-refractivity contribution in [2.45, 2.75) is 19.9 Å². The molecule has 7 heteroatoms. The predicted octanol–water partition coefficient (Wildman–Crippen LogP) is 3.08. The molecule has 3 rings (SSSR count). The summed E-state index contributed by atoms with van der Waals surface area (Å²) < 4.78 is 10.4. The number of amidine groups is 1. The molecule has 0 bridgehead atoms. The number of aliphatic imine (C=N–C) groups is 1. The zero-order valence-corrected chi connectivity index (χ0v) is 15.1. The Hall–Kier alpha value is -2.67. The van der Waals surface area contributed by atoms with Crippen molar-refractivity contribution in [3.8, 4) is 5.75 Å².